The largest absolute Gasteiger partial charge is 0.463 e. The van der Waals surface area contributed by atoms with Crippen molar-refractivity contribution in [3.63, 3.8) is 0 Å². The number of carbonyl (C=O) groups is 2. The Hall–Kier alpha value is -3.56. The highest BCUT2D eigenvalue weighted by molar-refractivity contribution is 5.69. The number of rotatable bonds is 18. The van der Waals surface area contributed by atoms with Crippen LogP contribution in [-0.4, -0.2) is 54.7 Å². The Bertz CT molecular complexity index is 1140. The summed E-state index contributed by atoms with van der Waals surface area (Å²) >= 11 is 0. The summed E-state index contributed by atoms with van der Waals surface area (Å²) in [7, 11) is 0. The van der Waals surface area contributed by atoms with E-state index in [1.54, 1.807) is 13.8 Å². The van der Waals surface area contributed by atoms with Gasteiger partial charge in [-0.2, -0.15) is 0 Å². The normalized spacial score (nSPS) is 14.0. The standard InChI is InChI=1S/C33H40O8/c1-3-30(34)39-23-28(37-20-25-14-8-5-9-15-25)32(36)33(41-22-27-18-12-7-13-19-27)29(24-40-31(35)4-2)38-21-26-16-10-6-11-17-26/h5-19,28-29,32-33,36H,3-4,20-24H2,1-2H3/t28-,29+,32+,33+/m0/s1. The van der Waals surface area contributed by atoms with Crippen LogP contribution in [-0.2, 0) is 53.1 Å². The molecule has 3 rings (SSSR count). The van der Waals surface area contributed by atoms with Crippen LogP contribution >= 0.6 is 0 Å². The van der Waals surface area contributed by atoms with E-state index in [-0.39, 0.29) is 45.9 Å². The third-order valence-corrected chi connectivity index (χ3v) is 6.38. The van der Waals surface area contributed by atoms with Crippen LogP contribution in [0, 0.1) is 0 Å². The minimum atomic E-state index is -1.30. The van der Waals surface area contributed by atoms with Gasteiger partial charge in [-0.25, -0.2) is 0 Å². The Morgan fingerprint density at radius 1 is 0.585 bits per heavy atom. The van der Waals surface area contributed by atoms with E-state index in [1.807, 2.05) is 91.0 Å². The summed E-state index contributed by atoms with van der Waals surface area (Å²) in [4.78, 5) is 24.1. The molecule has 0 bridgehead atoms. The number of esters is 2. The summed E-state index contributed by atoms with van der Waals surface area (Å²) in [6.07, 6.45) is -3.71. The highest BCUT2D eigenvalue weighted by Crippen LogP contribution is 2.21. The second-order valence-corrected chi connectivity index (χ2v) is 9.50. The van der Waals surface area contributed by atoms with Crippen molar-refractivity contribution in [1.82, 2.24) is 0 Å². The highest BCUT2D eigenvalue weighted by atomic mass is 16.6. The van der Waals surface area contributed by atoms with Crippen LogP contribution in [0.3, 0.4) is 0 Å². The van der Waals surface area contributed by atoms with Crippen LogP contribution in [0.5, 0.6) is 0 Å². The quantitative estimate of drug-likeness (QED) is 0.215. The third-order valence-electron chi connectivity index (χ3n) is 6.38. The molecule has 41 heavy (non-hydrogen) atoms. The van der Waals surface area contributed by atoms with Crippen LogP contribution < -0.4 is 0 Å². The molecule has 8 heteroatoms. The van der Waals surface area contributed by atoms with Gasteiger partial charge in [0.05, 0.1) is 19.8 Å². The number of benzene rings is 3. The summed E-state index contributed by atoms with van der Waals surface area (Å²) in [5, 5.41) is 11.7. The predicted molar refractivity (Wildman–Crippen MR) is 154 cm³/mol. The molecular weight excluding hydrogens is 524 g/mol. The van der Waals surface area contributed by atoms with Crippen LogP contribution in [0.4, 0.5) is 0 Å². The molecule has 0 aliphatic heterocycles. The van der Waals surface area contributed by atoms with E-state index in [0.717, 1.165) is 16.7 Å². The zero-order chi connectivity index (χ0) is 29.3. The van der Waals surface area contributed by atoms with Gasteiger partial charge in [0, 0.05) is 12.8 Å². The number of carbonyl (C=O) groups excluding carboxylic acids is 2. The van der Waals surface area contributed by atoms with Crippen LogP contribution in [0.25, 0.3) is 0 Å². The van der Waals surface area contributed by atoms with Crippen LogP contribution in [0.1, 0.15) is 43.4 Å². The van der Waals surface area contributed by atoms with E-state index < -0.39 is 36.4 Å². The molecule has 0 aliphatic rings. The fraction of sp³-hybridized carbons (Fsp3) is 0.394. The monoisotopic (exact) mass is 564 g/mol. The SMILES string of the molecule is CCC(=O)OC[C@H](OCc1ccccc1)[C@@H](O)[C@H](OCc1ccccc1)[C@@H](COC(=O)CC)OCc1ccccc1. The lowest BCUT2D eigenvalue weighted by Gasteiger charge is -2.34. The Balaban J connectivity index is 1.87. The van der Waals surface area contributed by atoms with Crippen LogP contribution in [0.2, 0.25) is 0 Å². The average Bonchev–Trinajstić information content (AvgIpc) is 3.02. The van der Waals surface area contributed by atoms with Crippen molar-refractivity contribution < 1.29 is 38.4 Å². The van der Waals surface area contributed by atoms with Gasteiger partial charge in [0.2, 0.25) is 0 Å². The second kappa shape index (κ2) is 18.0. The molecule has 0 saturated carbocycles. The van der Waals surface area contributed by atoms with Gasteiger partial charge < -0.3 is 28.8 Å². The zero-order valence-corrected chi connectivity index (χ0v) is 23.7. The van der Waals surface area contributed by atoms with Crippen molar-refractivity contribution in [3.8, 4) is 0 Å². The maximum absolute atomic E-state index is 12.1. The molecule has 1 N–H and O–H groups in total. The summed E-state index contributed by atoms with van der Waals surface area (Å²) < 4.78 is 29.5. The molecule has 0 aromatic heterocycles. The molecule has 220 valence electrons. The summed E-state index contributed by atoms with van der Waals surface area (Å²) in [6.45, 7) is 3.61. The molecule has 0 heterocycles. The van der Waals surface area contributed by atoms with Crippen molar-refractivity contribution >= 4 is 11.9 Å². The van der Waals surface area contributed by atoms with Crippen molar-refractivity contribution in [2.75, 3.05) is 13.2 Å². The van der Waals surface area contributed by atoms with Gasteiger partial charge in [-0.3, -0.25) is 9.59 Å². The Labute approximate surface area is 242 Å². The number of ether oxygens (including phenoxy) is 5. The first kappa shape index (κ1) is 32.0. The van der Waals surface area contributed by atoms with Gasteiger partial charge in [0.1, 0.15) is 37.6 Å². The van der Waals surface area contributed by atoms with Gasteiger partial charge in [-0.15, -0.1) is 0 Å². The molecule has 0 aliphatic carbocycles. The first-order chi connectivity index (χ1) is 20.0. The first-order valence-electron chi connectivity index (χ1n) is 14.0. The molecule has 0 amide bonds. The van der Waals surface area contributed by atoms with Crippen molar-refractivity contribution in [2.45, 2.75) is 70.9 Å². The van der Waals surface area contributed by atoms with E-state index in [2.05, 4.69) is 0 Å². The van der Waals surface area contributed by atoms with E-state index >= 15 is 0 Å². The number of aliphatic hydroxyl groups excluding tert-OH is 1. The molecule has 0 unspecified atom stereocenters. The molecule has 0 spiro atoms. The fourth-order valence-electron chi connectivity index (χ4n) is 4.00. The second-order valence-electron chi connectivity index (χ2n) is 9.50. The minimum Gasteiger partial charge on any atom is -0.463 e. The highest BCUT2D eigenvalue weighted by Gasteiger charge is 2.37. The lowest BCUT2D eigenvalue weighted by Crippen LogP contribution is -2.51. The third kappa shape index (κ3) is 11.4. The zero-order valence-electron chi connectivity index (χ0n) is 23.7. The maximum atomic E-state index is 12.1. The van der Waals surface area contributed by atoms with Gasteiger partial charge in [-0.1, -0.05) is 105 Å². The van der Waals surface area contributed by atoms with Gasteiger partial charge >= 0.3 is 11.9 Å². The summed E-state index contributed by atoms with van der Waals surface area (Å²) in [5.74, 6) is -0.815. The Morgan fingerprint density at radius 3 is 1.37 bits per heavy atom. The number of hydrogen-bond donors (Lipinski definition) is 1. The fourth-order valence-corrected chi connectivity index (χ4v) is 4.00. The lowest BCUT2D eigenvalue weighted by molar-refractivity contribution is -0.193. The van der Waals surface area contributed by atoms with Gasteiger partial charge in [-0.05, 0) is 16.7 Å². The molecule has 0 radical (unpaired) electrons. The molecule has 4 atom stereocenters. The average molecular weight is 565 g/mol. The number of hydrogen-bond acceptors (Lipinski definition) is 8. The lowest BCUT2D eigenvalue weighted by atomic mass is 10.0. The molecule has 3 aromatic rings. The van der Waals surface area contributed by atoms with E-state index in [1.165, 1.54) is 0 Å². The molecule has 0 saturated heterocycles. The minimum absolute atomic E-state index is 0.143. The maximum Gasteiger partial charge on any atom is 0.305 e. The summed E-state index contributed by atoms with van der Waals surface area (Å²) in [6, 6.07) is 28.6. The van der Waals surface area contributed by atoms with Crippen molar-refractivity contribution in [3.05, 3.63) is 108 Å². The molecule has 8 nitrogen and oxygen atoms in total. The van der Waals surface area contributed by atoms with Gasteiger partial charge in [0.25, 0.3) is 0 Å². The molecule has 0 fully saturated rings. The molecular formula is C33H40O8. The van der Waals surface area contributed by atoms with E-state index in [0.29, 0.717) is 0 Å². The molecule has 3 aromatic carbocycles. The summed E-state index contributed by atoms with van der Waals surface area (Å²) in [5.41, 5.74) is 2.68. The number of aliphatic hydroxyl groups is 1. The van der Waals surface area contributed by atoms with Crippen LogP contribution in [0.15, 0.2) is 91.0 Å². The Morgan fingerprint density at radius 2 is 0.951 bits per heavy atom. The van der Waals surface area contributed by atoms with Gasteiger partial charge in [0.15, 0.2) is 0 Å². The topological polar surface area (TPSA) is 101 Å². The Kier molecular flexibility index (Phi) is 14.0. The predicted octanol–water partition coefficient (Wildman–Crippen LogP) is 5.01. The van der Waals surface area contributed by atoms with E-state index in [9.17, 15) is 14.7 Å². The van der Waals surface area contributed by atoms with E-state index in [4.69, 9.17) is 23.7 Å². The van der Waals surface area contributed by atoms with Crippen molar-refractivity contribution in [2.24, 2.45) is 0 Å². The first-order valence-corrected chi connectivity index (χ1v) is 14.0. The smallest absolute Gasteiger partial charge is 0.305 e. The van der Waals surface area contributed by atoms with Crippen molar-refractivity contribution in [1.29, 1.82) is 0 Å².